The van der Waals surface area contributed by atoms with Crippen LogP contribution in [-0.2, 0) is 17.8 Å². The van der Waals surface area contributed by atoms with Gasteiger partial charge in [0, 0.05) is 28.6 Å². The zero-order chi connectivity index (χ0) is 35.8. The van der Waals surface area contributed by atoms with E-state index in [1.54, 1.807) is 48.5 Å². The summed E-state index contributed by atoms with van der Waals surface area (Å²) in [5.41, 5.74) is 4.74. The lowest BCUT2D eigenvalue weighted by Gasteiger charge is -2.20. The average Bonchev–Trinajstić information content (AvgIpc) is 3.43. The maximum atomic E-state index is 14.4. The van der Waals surface area contributed by atoms with E-state index in [1.165, 1.54) is 24.3 Å². The van der Waals surface area contributed by atoms with E-state index < -0.39 is 42.1 Å². The number of aliphatic hydroxyl groups is 2. The Hall–Kier alpha value is -5.32. The minimum Gasteiger partial charge on any atom is -0.489 e. The molecule has 5 rings (SSSR count). The van der Waals surface area contributed by atoms with Gasteiger partial charge in [0.05, 0.1) is 18.6 Å². The van der Waals surface area contributed by atoms with E-state index in [-0.39, 0.29) is 31.0 Å². The minimum absolute atomic E-state index is 0.135. The van der Waals surface area contributed by atoms with Gasteiger partial charge in [-0.05, 0) is 98.3 Å². The second kappa shape index (κ2) is 16.4. The highest BCUT2D eigenvalue weighted by molar-refractivity contribution is 6.11. The highest BCUT2D eigenvalue weighted by atomic mass is 19.1. The second-order valence-corrected chi connectivity index (χ2v) is 12.5. The molecule has 1 aromatic heterocycles. The first-order chi connectivity index (χ1) is 24.0. The van der Waals surface area contributed by atoms with Crippen LogP contribution in [-0.4, -0.2) is 44.0 Å². The van der Waals surface area contributed by atoms with Gasteiger partial charge in [0.2, 0.25) is 0 Å². The Morgan fingerprint density at radius 1 is 0.780 bits per heavy atom. The number of hydrogen-bond donors (Lipinski definition) is 4. The molecule has 0 unspecified atom stereocenters. The molecule has 1 amide bonds. The molecule has 0 aliphatic rings. The van der Waals surface area contributed by atoms with Crippen LogP contribution in [0.5, 0.6) is 5.75 Å². The third-order valence-electron chi connectivity index (χ3n) is 8.33. The first-order valence-corrected chi connectivity index (χ1v) is 16.4. The third-order valence-corrected chi connectivity index (χ3v) is 8.33. The van der Waals surface area contributed by atoms with E-state index in [4.69, 9.17) is 9.84 Å². The molecule has 4 aromatic carbocycles. The maximum Gasteiger partial charge on any atom is 0.305 e. The van der Waals surface area contributed by atoms with Gasteiger partial charge in [-0.3, -0.25) is 9.59 Å². The molecule has 0 spiro atoms. The van der Waals surface area contributed by atoms with Crippen molar-refractivity contribution in [1.82, 2.24) is 4.57 Å². The minimum atomic E-state index is -1.23. The van der Waals surface area contributed by atoms with Crippen molar-refractivity contribution in [3.05, 3.63) is 132 Å². The quantitative estimate of drug-likeness (QED) is 0.0888. The van der Waals surface area contributed by atoms with Crippen molar-refractivity contribution in [3.8, 4) is 28.0 Å². The Kier molecular flexibility index (Phi) is 11.8. The summed E-state index contributed by atoms with van der Waals surface area (Å²) in [5.74, 6) is -1.89. The number of anilines is 1. The number of nitrogens with one attached hydrogen (secondary N) is 1. The number of amides is 1. The molecule has 0 saturated carbocycles. The molecule has 10 heteroatoms. The van der Waals surface area contributed by atoms with Gasteiger partial charge < -0.3 is 29.9 Å². The predicted octanol–water partition coefficient (Wildman–Crippen LogP) is 8.03. The van der Waals surface area contributed by atoms with Crippen LogP contribution in [0.1, 0.15) is 60.9 Å². The maximum absolute atomic E-state index is 14.4. The van der Waals surface area contributed by atoms with Crippen molar-refractivity contribution in [2.75, 3.05) is 5.32 Å². The molecule has 4 N–H and O–H groups in total. The number of halogens is 2. The molecule has 0 bridgehead atoms. The van der Waals surface area contributed by atoms with Crippen LogP contribution in [0.4, 0.5) is 14.5 Å². The number of carboxylic acid groups (broad SMARTS) is 1. The van der Waals surface area contributed by atoms with Crippen molar-refractivity contribution in [3.63, 3.8) is 0 Å². The van der Waals surface area contributed by atoms with Gasteiger partial charge in [-0.15, -0.1) is 0 Å². The van der Waals surface area contributed by atoms with E-state index in [1.807, 2.05) is 48.7 Å². The van der Waals surface area contributed by atoms with E-state index in [0.717, 1.165) is 5.56 Å². The monoisotopic (exact) mass is 682 g/mol. The van der Waals surface area contributed by atoms with Crippen molar-refractivity contribution in [2.45, 2.75) is 64.4 Å². The van der Waals surface area contributed by atoms with Gasteiger partial charge in [-0.1, -0.05) is 54.6 Å². The number of carbonyl (C=O) groups is 2. The summed E-state index contributed by atoms with van der Waals surface area (Å²) in [4.78, 5) is 25.5. The summed E-state index contributed by atoms with van der Waals surface area (Å²) in [5, 5.41) is 33.0. The highest BCUT2D eigenvalue weighted by Crippen LogP contribution is 2.43. The molecule has 0 saturated heterocycles. The van der Waals surface area contributed by atoms with Gasteiger partial charge in [0.15, 0.2) is 0 Å². The Morgan fingerprint density at radius 3 is 1.92 bits per heavy atom. The lowest BCUT2D eigenvalue weighted by atomic mass is 9.92. The van der Waals surface area contributed by atoms with E-state index >= 15 is 0 Å². The highest BCUT2D eigenvalue weighted by Gasteiger charge is 2.31. The first-order valence-electron chi connectivity index (χ1n) is 16.4. The molecule has 5 aromatic rings. The molecule has 1 heterocycles. The van der Waals surface area contributed by atoms with Crippen molar-refractivity contribution < 1.29 is 38.4 Å². The summed E-state index contributed by atoms with van der Waals surface area (Å²) >= 11 is 0. The fraction of sp³-hybridized carbons (Fsp3) is 0.250. The molecule has 50 heavy (non-hydrogen) atoms. The first kappa shape index (κ1) is 36.0. The topological polar surface area (TPSA) is 121 Å². The second-order valence-electron chi connectivity index (χ2n) is 12.5. The van der Waals surface area contributed by atoms with Crippen LogP contribution in [0.3, 0.4) is 0 Å². The number of aliphatic hydroxyl groups excluding tert-OH is 2. The standard InChI is InChI=1S/C40H40F2N2O6/c1-25(2)44-35(21-18-32(45)22-33(46)23-36(47)48)37(27-8-12-29(41)13-9-27)38(28-10-14-30(42)15-11-28)39(44)40(49)43-31-16-19-34(20-17-31)50-24-26-6-4-3-5-7-26/h3-17,19-20,25,32-33,45-46H,18,21-24H2,1-2H3,(H,43,49)(H,47,48)/t32-,33+/m0/s1. The number of aromatic nitrogens is 1. The van der Waals surface area contributed by atoms with Gasteiger partial charge in [-0.25, -0.2) is 8.78 Å². The Bertz CT molecular complexity index is 1890. The zero-order valence-electron chi connectivity index (χ0n) is 27.9. The molecule has 0 aliphatic carbocycles. The third kappa shape index (κ3) is 9.02. The van der Waals surface area contributed by atoms with Crippen LogP contribution in [0.25, 0.3) is 22.3 Å². The molecule has 0 radical (unpaired) electrons. The lowest BCUT2D eigenvalue weighted by Crippen LogP contribution is -2.22. The molecule has 8 nitrogen and oxygen atoms in total. The van der Waals surface area contributed by atoms with Crippen LogP contribution >= 0.6 is 0 Å². The lowest BCUT2D eigenvalue weighted by molar-refractivity contribution is -0.139. The summed E-state index contributed by atoms with van der Waals surface area (Å²) in [6, 6.07) is 28.1. The summed E-state index contributed by atoms with van der Waals surface area (Å²) in [6.45, 7) is 4.21. The number of ether oxygens (including phenoxy) is 1. The summed E-state index contributed by atoms with van der Waals surface area (Å²) in [7, 11) is 0. The van der Waals surface area contributed by atoms with Crippen LogP contribution in [0, 0.1) is 11.6 Å². The smallest absolute Gasteiger partial charge is 0.305 e. The summed E-state index contributed by atoms with van der Waals surface area (Å²) in [6.07, 6.45) is -2.57. The molecule has 0 fully saturated rings. The fourth-order valence-corrected chi connectivity index (χ4v) is 6.09. The van der Waals surface area contributed by atoms with Crippen LogP contribution < -0.4 is 10.1 Å². The molecule has 0 aliphatic heterocycles. The number of nitrogens with zero attached hydrogens (tertiary/aromatic N) is 1. The van der Waals surface area contributed by atoms with Gasteiger partial charge in [-0.2, -0.15) is 0 Å². The van der Waals surface area contributed by atoms with Crippen molar-refractivity contribution >= 4 is 17.6 Å². The molecule has 260 valence electrons. The zero-order valence-corrected chi connectivity index (χ0v) is 27.9. The number of benzene rings is 4. The van der Waals surface area contributed by atoms with E-state index in [2.05, 4.69) is 5.32 Å². The Morgan fingerprint density at radius 2 is 1.36 bits per heavy atom. The van der Waals surface area contributed by atoms with Crippen LogP contribution in [0.2, 0.25) is 0 Å². The predicted molar refractivity (Wildman–Crippen MR) is 188 cm³/mol. The number of rotatable bonds is 15. The number of aliphatic carboxylic acids is 1. The largest absolute Gasteiger partial charge is 0.489 e. The SMILES string of the molecule is CC(C)n1c(CC[C@H](O)C[C@@H](O)CC(=O)O)c(-c2ccc(F)cc2)c(-c2ccc(F)cc2)c1C(=O)Nc1ccc(OCc2ccccc2)cc1. The number of hydrogen-bond acceptors (Lipinski definition) is 5. The van der Waals surface area contributed by atoms with E-state index in [0.29, 0.717) is 46.0 Å². The van der Waals surface area contributed by atoms with Gasteiger partial charge in [0.25, 0.3) is 5.91 Å². The summed E-state index contributed by atoms with van der Waals surface area (Å²) < 4.78 is 36.1. The Balaban J connectivity index is 1.56. The molecule has 2 atom stereocenters. The molecular formula is C40H40F2N2O6. The Labute approximate surface area is 289 Å². The number of carboxylic acids is 1. The van der Waals surface area contributed by atoms with Crippen LogP contribution in [0.15, 0.2) is 103 Å². The van der Waals surface area contributed by atoms with Gasteiger partial charge in [0.1, 0.15) is 29.7 Å². The normalized spacial score (nSPS) is 12.5. The fourth-order valence-electron chi connectivity index (χ4n) is 6.09. The van der Waals surface area contributed by atoms with Gasteiger partial charge >= 0.3 is 5.97 Å². The van der Waals surface area contributed by atoms with Crippen molar-refractivity contribution in [1.29, 1.82) is 0 Å². The average molecular weight is 683 g/mol. The molecular weight excluding hydrogens is 642 g/mol. The van der Waals surface area contributed by atoms with E-state index in [9.17, 15) is 28.6 Å². The van der Waals surface area contributed by atoms with Crippen molar-refractivity contribution in [2.24, 2.45) is 0 Å². The number of carbonyl (C=O) groups excluding carboxylic acids is 1.